The van der Waals surface area contributed by atoms with Crippen LogP contribution in [0.1, 0.15) is 6.42 Å². The van der Waals surface area contributed by atoms with E-state index in [1.165, 1.54) is 22.0 Å². The van der Waals surface area contributed by atoms with Crippen molar-refractivity contribution in [3.8, 4) is 11.3 Å². The van der Waals surface area contributed by atoms with Crippen molar-refractivity contribution < 1.29 is 4.79 Å². The van der Waals surface area contributed by atoms with E-state index in [2.05, 4.69) is 26.2 Å². The first kappa shape index (κ1) is 16.6. The molecule has 0 bridgehead atoms. The third-order valence-electron chi connectivity index (χ3n) is 3.35. The smallest absolute Gasteiger partial charge is 0.250 e. The highest BCUT2D eigenvalue weighted by atomic mass is 79.9. The number of hydrogen-bond donors (Lipinski definition) is 1. The molecule has 0 unspecified atom stereocenters. The van der Waals surface area contributed by atoms with E-state index in [1.807, 2.05) is 29.6 Å². The van der Waals surface area contributed by atoms with Gasteiger partial charge in [0.2, 0.25) is 5.91 Å². The number of benzene rings is 1. The second-order valence-corrected chi connectivity index (χ2v) is 6.85. The third kappa shape index (κ3) is 4.18. The number of pyridine rings is 1. The number of rotatable bonds is 5. The van der Waals surface area contributed by atoms with E-state index in [-0.39, 0.29) is 17.9 Å². The maximum atomic E-state index is 12.0. The normalized spacial score (nSPS) is 10.5. The van der Waals surface area contributed by atoms with Gasteiger partial charge in [-0.15, -0.1) is 11.3 Å². The van der Waals surface area contributed by atoms with Crippen LogP contribution < -0.4 is 10.9 Å². The van der Waals surface area contributed by atoms with Gasteiger partial charge in [0.15, 0.2) is 5.13 Å². The van der Waals surface area contributed by atoms with Crippen LogP contribution in [-0.2, 0) is 11.3 Å². The van der Waals surface area contributed by atoms with Crippen LogP contribution in [0.25, 0.3) is 11.3 Å². The Bertz CT molecular complexity index is 920. The summed E-state index contributed by atoms with van der Waals surface area (Å²) in [4.78, 5) is 28.1. The molecule has 0 atom stereocenters. The lowest BCUT2D eigenvalue weighted by molar-refractivity contribution is -0.116. The average molecular weight is 404 g/mol. The number of aryl methyl sites for hydroxylation is 1. The molecule has 0 fully saturated rings. The lowest BCUT2D eigenvalue weighted by atomic mass is 10.2. The third-order valence-corrected chi connectivity index (χ3v) is 4.60. The average Bonchev–Trinajstić information content (AvgIpc) is 3.02. The Morgan fingerprint density at radius 3 is 2.92 bits per heavy atom. The molecule has 5 nitrogen and oxygen atoms in total. The van der Waals surface area contributed by atoms with Gasteiger partial charge in [0, 0.05) is 40.6 Å². The van der Waals surface area contributed by atoms with Gasteiger partial charge in [-0.1, -0.05) is 34.1 Å². The molecule has 0 saturated carbocycles. The Balaban J connectivity index is 1.61. The standard InChI is InChI=1S/C17H14BrN3O2S/c18-13-5-3-4-12(10-13)14-11-24-17(19-14)20-15(22)7-9-21-8-2-1-6-16(21)23/h1-6,8,10-11H,7,9H2,(H,19,20,22). The molecule has 1 N–H and O–H groups in total. The van der Waals surface area contributed by atoms with Crippen LogP contribution in [0.2, 0.25) is 0 Å². The van der Waals surface area contributed by atoms with Crippen molar-refractivity contribution in [3.05, 3.63) is 68.9 Å². The predicted octanol–water partition coefficient (Wildman–Crippen LogP) is 3.76. The van der Waals surface area contributed by atoms with Crippen LogP contribution in [0.5, 0.6) is 0 Å². The highest BCUT2D eigenvalue weighted by molar-refractivity contribution is 9.10. The molecule has 7 heteroatoms. The van der Waals surface area contributed by atoms with Crippen molar-refractivity contribution >= 4 is 38.3 Å². The fraction of sp³-hybridized carbons (Fsp3) is 0.118. The minimum absolute atomic E-state index is 0.114. The number of aromatic nitrogens is 2. The van der Waals surface area contributed by atoms with Gasteiger partial charge < -0.3 is 9.88 Å². The Kier molecular flexibility index (Phi) is 5.22. The number of amides is 1. The molecule has 2 aromatic heterocycles. The van der Waals surface area contributed by atoms with Gasteiger partial charge in [-0.05, 0) is 18.2 Å². The summed E-state index contributed by atoms with van der Waals surface area (Å²) in [5.41, 5.74) is 1.68. The fourth-order valence-corrected chi connectivity index (χ4v) is 3.30. The summed E-state index contributed by atoms with van der Waals surface area (Å²) in [6.45, 7) is 0.343. The zero-order valence-corrected chi connectivity index (χ0v) is 15.0. The van der Waals surface area contributed by atoms with Crippen LogP contribution in [0.15, 0.2) is 63.3 Å². The van der Waals surface area contributed by atoms with E-state index in [9.17, 15) is 9.59 Å². The SMILES string of the molecule is O=C(CCn1ccccc1=O)Nc1nc(-c2cccc(Br)c2)cs1. The molecule has 2 heterocycles. The maximum Gasteiger partial charge on any atom is 0.250 e. The van der Waals surface area contributed by atoms with E-state index in [4.69, 9.17) is 0 Å². The van der Waals surface area contributed by atoms with Crippen LogP contribution in [-0.4, -0.2) is 15.5 Å². The Morgan fingerprint density at radius 2 is 2.12 bits per heavy atom. The van der Waals surface area contributed by atoms with Crippen molar-refractivity contribution in [1.82, 2.24) is 9.55 Å². The summed E-state index contributed by atoms with van der Waals surface area (Å²) in [6, 6.07) is 12.7. The quantitative estimate of drug-likeness (QED) is 0.704. The summed E-state index contributed by atoms with van der Waals surface area (Å²) in [7, 11) is 0. The monoisotopic (exact) mass is 403 g/mol. The van der Waals surface area contributed by atoms with Crippen molar-refractivity contribution in [3.63, 3.8) is 0 Å². The molecule has 0 aliphatic heterocycles. The van der Waals surface area contributed by atoms with E-state index in [1.54, 1.807) is 18.3 Å². The number of thiazole rings is 1. The van der Waals surface area contributed by atoms with E-state index >= 15 is 0 Å². The number of hydrogen-bond acceptors (Lipinski definition) is 4. The van der Waals surface area contributed by atoms with Crippen molar-refractivity contribution in [2.24, 2.45) is 0 Å². The van der Waals surface area contributed by atoms with E-state index in [0.29, 0.717) is 11.7 Å². The fourth-order valence-electron chi connectivity index (χ4n) is 2.16. The lowest BCUT2D eigenvalue weighted by Gasteiger charge is -2.04. The maximum absolute atomic E-state index is 12.0. The molecule has 3 rings (SSSR count). The molecule has 0 radical (unpaired) electrons. The Labute approximate surface area is 151 Å². The lowest BCUT2D eigenvalue weighted by Crippen LogP contribution is -2.21. The minimum Gasteiger partial charge on any atom is -0.315 e. The van der Waals surface area contributed by atoms with E-state index < -0.39 is 0 Å². The van der Waals surface area contributed by atoms with Crippen LogP contribution in [0.4, 0.5) is 5.13 Å². The number of nitrogens with one attached hydrogen (secondary N) is 1. The van der Waals surface area contributed by atoms with E-state index in [0.717, 1.165) is 15.7 Å². The molecular formula is C17H14BrN3O2S. The second kappa shape index (κ2) is 7.55. The number of nitrogens with zero attached hydrogens (tertiary/aromatic N) is 2. The Morgan fingerprint density at radius 1 is 1.25 bits per heavy atom. The summed E-state index contributed by atoms with van der Waals surface area (Å²) in [5, 5.41) is 5.23. The van der Waals surface area contributed by atoms with Crippen LogP contribution in [0.3, 0.4) is 0 Å². The molecule has 24 heavy (non-hydrogen) atoms. The molecule has 122 valence electrons. The molecule has 1 aromatic carbocycles. The zero-order valence-electron chi connectivity index (χ0n) is 12.6. The highest BCUT2D eigenvalue weighted by Gasteiger charge is 2.09. The van der Waals surface area contributed by atoms with Crippen LogP contribution >= 0.6 is 27.3 Å². The second-order valence-electron chi connectivity index (χ2n) is 5.08. The van der Waals surface area contributed by atoms with Gasteiger partial charge >= 0.3 is 0 Å². The van der Waals surface area contributed by atoms with Gasteiger partial charge in [-0.3, -0.25) is 9.59 Å². The number of carbonyl (C=O) groups is 1. The van der Waals surface area contributed by atoms with Gasteiger partial charge in [0.25, 0.3) is 5.56 Å². The largest absolute Gasteiger partial charge is 0.315 e. The summed E-state index contributed by atoms with van der Waals surface area (Å²) >= 11 is 4.81. The molecule has 1 amide bonds. The van der Waals surface area contributed by atoms with Gasteiger partial charge in [-0.25, -0.2) is 4.98 Å². The topological polar surface area (TPSA) is 64.0 Å². The molecule has 0 aliphatic rings. The van der Waals surface area contributed by atoms with Crippen molar-refractivity contribution in [2.45, 2.75) is 13.0 Å². The summed E-state index contributed by atoms with van der Waals surface area (Å²) < 4.78 is 2.49. The minimum atomic E-state index is -0.166. The van der Waals surface area contributed by atoms with Gasteiger partial charge in [0.05, 0.1) is 5.69 Å². The summed E-state index contributed by atoms with van der Waals surface area (Å²) in [6.07, 6.45) is 1.89. The molecule has 3 aromatic rings. The first-order chi connectivity index (χ1) is 11.6. The first-order valence-electron chi connectivity index (χ1n) is 7.28. The number of anilines is 1. The zero-order chi connectivity index (χ0) is 16.9. The highest BCUT2D eigenvalue weighted by Crippen LogP contribution is 2.26. The molecule has 0 spiro atoms. The van der Waals surface area contributed by atoms with Crippen LogP contribution in [0, 0.1) is 0 Å². The Hall–Kier alpha value is -2.25. The number of halogens is 1. The van der Waals surface area contributed by atoms with Gasteiger partial charge in [0.1, 0.15) is 0 Å². The predicted molar refractivity (Wildman–Crippen MR) is 99.2 cm³/mol. The van der Waals surface area contributed by atoms with Gasteiger partial charge in [-0.2, -0.15) is 0 Å². The van der Waals surface area contributed by atoms with Crippen molar-refractivity contribution in [1.29, 1.82) is 0 Å². The molecular weight excluding hydrogens is 390 g/mol. The first-order valence-corrected chi connectivity index (χ1v) is 8.96. The molecule has 0 aliphatic carbocycles. The molecule has 0 saturated heterocycles. The van der Waals surface area contributed by atoms with Crippen molar-refractivity contribution in [2.75, 3.05) is 5.32 Å². The summed E-state index contributed by atoms with van der Waals surface area (Å²) in [5.74, 6) is -0.166. The number of carbonyl (C=O) groups excluding carboxylic acids is 1.